The zero-order chi connectivity index (χ0) is 14.1. The van der Waals surface area contributed by atoms with E-state index >= 15 is 0 Å². The molecule has 0 saturated carbocycles. The smallest absolute Gasteiger partial charge is 0.145 e. The molecule has 1 N–H and O–H groups in total. The highest BCUT2D eigenvalue weighted by Crippen LogP contribution is 2.22. The Hall–Kier alpha value is -1.72. The van der Waals surface area contributed by atoms with Gasteiger partial charge in [0.2, 0.25) is 0 Å². The third-order valence-electron chi connectivity index (χ3n) is 4.42. The molecule has 2 fully saturated rings. The van der Waals surface area contributed by atoms with Crippen LogP contribution >= 0.6 is 0 Å². The third-order valence-corrected chi connectivity index (χ3v) is 4.42. The van der Waals surface area contributed by atoms with E-state index in [-0.39, 0.29) is 6.10 Å². The van der Waals surface area contributed by atoms with Gasteiger partial charge in [-0.05, 0) is 31.5 Å². The highest BCUT2D eigenvalue weighted by atomic mass is 16.5. The molecule has 4 rings (SSSR count). The Morgan fingerprint density at radius 2 is 2.19 bits per heavy atom. The lowest BCUT2D eigenvalue weighted by Gasteiger charge is -2.35. The monoisotopic (exact) mass is 284 g/mol. The molecule has 1 aromatic heterocycles. The molecule has 21 heavy (non-hydrogen) atoms. The van der Waals surface area contributed by atoms with Gasteiger partial charge in [-0.15, -0.1) is 0 Å². The topological polar surface area (TPSA) is 50.3 Å². The molecular weight excluding hydrogens is 264 g/mol. The molecule has 2 atom stereocenters. The Morgan fingerprint density at radius 1 is 1.29 bits per heavy atom. The highest BCUT2D eigenvalue weighted by molar-refractivity contribution is 5.75. The summed E-state index contributed by atoms with van der Waals surface area (Å²) in [6.45, 7) is 3.91. The Kier molecular flexibility index (Phi) is 3.45. The van der Waals surface area contributed by atoms with Crippen molar-refractivity contribution in [2.75, 3.05) is 31.6 Å². The van der Waals surface area contributed by atoms with E-state index in [2.05, 4.69) is 20.2 Å². The lowest BCUT2D eigenvalue weighted by atomic mass is 10.2. The summed E-state index contributed by atoms with van der Waals surface area (Å²) in [5.41, 5.74) is 1.85. The Balaban J connectivity index is 1.39. The minimum Gasteiger partial charge on any atom is -0.373 e. The summed E-state index contributed by atoms with van der Waals surface area (Å²) in [4.78, 5) is 11.6. The number of morpholine rings is 1. The second kappa shape index (κ2) is 5.58. The second-order valence-electron chi connectivity index (χ2n) is 5.87. The van der Waals surface area contributed by atoms with Gasteiger partial charge in [0.15, 0.2) is 0 Å². The van der Waals surface area contributed by atoms with Gasteiger partial charge in [-0.1, -0.05) is 12.1 Å². The lowest BCUT2D eigenvalue weighted by Crippen LogP contribution is -2.48. The molecule has 0 amide bonds. The Morgan fingerprint density at radius 3 is 3.14 bits per heavy atom. The number of ether oxygens (including phenoxy) is 1. The van der Waals surface area contributed by atoms with Crippen molar-refractivity contribution in [2.24, 2.45) is 0 Å². The van der Waals surface area contributed by atoms with Gasteiger partial charge in [0.05, 0.1) is 29.9 Å². The van der Waals surface area contributed by atoms with Crippen LogP contribution in [0.15, 0.2) is 30.5 Å². The maximum atomic E-state index is 5.95. The molecule has 1 aromatic carbocycles. The number of fused-ring (bicyclic) bond motifs is 2. The fraction of sp³-hybridized carbons (Fsp3) is 0.500. The number of nitrogens with one attached hydrogen (secondary N) is 1. The van der Waals surface area contributed by atoms with E-state index in [0.29, 0.717) is 6.04 Å². The highest BCUT2D eigenvalue weighted by Gasteiger charge is 2.31. The third kappa shape index (κ3) is 2.71. The number of aromatic nitrogens is 2. The normalized spacial score (nSPS) is 25.9. The fourth-order valence-corrected chi connectivity index (χ4v) is 3.27. The summed E-state index contributed by atoms with van der Waals surface area (Å²) in [6.07, 6.45) is 4.64. The number of rotatable bonds is 3. The van der Waals surface area contributed by atoms with E-state index in [4.69, 9.17) is 4.74 Å². The first kappa shape index (κ1) is 13.0. The first-order valence-electron chi connectivity index (χ1n) is 7.70. The van der Waals surface area contributed by atoms with Crippen LogP contribution in [0.4, 0.5) is 5.82 Å². The minimum absolute atomic E-state index is 0.243. The van der Waals surface area contributed by atoms with E-state index < -0.39 is 0 Å². The predicted molar refractivity (Wildman–Crippen MR) is 82.4 cm³/mol. The molecule has 110 valence electrons. The van der Waals surface area contributed by atoms with Crippen molar-refractivity contribution in [1.82, 2.24) is 14.9 Å². The number of anilines is 1. The molecular formula is C16H20N4O. The average molecular weight is 284 g/mol. The van der Waals surface area contributed by atoms with Crippen LogP contribution in [0, 0.1) is 0 Å². The van der Waals surface area contributed by atoms with Gasteiger partial charge in [0, 0.05) is 19.1 Å². The van der Waals surface area contributed by atoms with E-state index in [0.717, 1.165) is 36.5 Å². The minimum atomic E-state index is 0.243. The van der Waals surface area contributed by atoms with Gasteiger partial charge in [0.25, 0.3) is 0 Å². The Labute approximate surface area is 124 Å². The average Bonchev–Trinajstić information content (AvgIpc) is 3.00. The lowest BCUT2D eigenvalue weighted by molar-refractivity contribution is -0.0416. The first-order valence-corrected chi connectivity index (χ1v) is 7.70. The van der Waals surface area contributed by atoms with Crippen LogP contribution in [0.5, 0.6) is 0 Å². The summed E-state index contributed by atoms with van der Waals surface area (Å²) >= 11 is 0. The standard InChI is InChI=1S/C16H20N4O/c1-2-6-15-14(5-1)17-9-16(19-15)18-8-13-10-20-7-3-4-12(20)11-21-13/h1-2,5-6,9,12-13H,3-4,7-8,10-11H2,(H,18,19). The van der Waals surface area contributed by atoms with Crippen molar-refractivity contribution in [3.8, 4) is 0 Å². The zero-order valence-corrected chi connectivity index (χ0v) is 12.0. The van der Waals surface area contributed by atoms with Crippen molar-refractivity contribution >= 4 is 16.9 Å². The predicted octanol–water partition coefficient (Wildman–Crippen LogP) is 1.90. The molecule has 0 aliphatic carbocycles. The molecule has 2 aromatic rings. The molecule has 0 spiro atoms. The van der Waals surface area contributed by atoms with Crippen LogP contribution in [-0.4, -0.2) is 53.3 Å². The van der Waals surface area contributed by atoms with Gasteiger partial charge in [-0.3, -0.25) is 9.88 Å². The SMILES string of the molecule is c1ccc2nc(NCC3CN4CCCC4CO3)cnc2c1. The van der Waals surface area contributed by atoms with Gasteiger partial charge in [-0.2, -0.15) is 0 Å². The molecule has 2 aliphatic heterocycles. The fourth-order valence-electron chi connectivity index (χ4n) is 3.27. The van der Waals surface area contributed by atoms with Crippen LogP contribution in [0.3, 0.4) is 0 Å². The molecule has 0 bridgehead atoms. The zero-order valence-electron chi connectivity index (χ0n) is 12.0. The summed E-state index contributed by atoms with van der Waals surface area (Å²) in [7, 11) is 0. The summed E-state index contributed by atoms with van der Waals surface area (Å²) in [5.74, 6) is 0.820. The van der Waals surface area contributed by atoms with Crippen molar-refractivity contribution in [3.63, 3.8) is 0 Å². The van der Waals surface area contributed by atoms with Gasteiger partial charge >= 0.3 is 0 Å². The number of hydrogen-bond acceptors (Lipinski definition) is 5. The molecule has 2 saturated heterocycles. The molecule has 2 unspecified atom stereocenters. The van der Waals surface area contributed by atoms with E-state index in [1.165, 1.54) is 19.4 Å². The largest absolute Gasteiger partial charge is 0.373 e. The van der Waals surface area contributed by atoms with Crippen molar-refractivity contribution in [3.05, 3.63) is 30.5 Å². The van der Waals surface area contributed by atoms with Gasteiger partial charge < -0.3 is 10.1 Å². The maximum Gasteiger partial charge on any atom is 0.145 e. The number of para-hydroxylation sites is 2. The molecule has 5 heteroatoms. The van der Waals surface area contributed by atoms with Crippen molar-refractivity contribution in [2.45, 2.75) is 25.0 Å². The molecule has 0 radical (unpaired) electrons. The van der Waals surface area contributed by atoms with Crippen LogP contribution in [0.2, 0.25) is 0 Å². The van der Waals surface area contributed by atoms with Crippen LogP contribution < -0.4 is 5.32 Å². The maximum absolute atomic E-state index is 5.95. The van der Waals surface area contributed by atoms with Crippen LogP contribution in [-0.2, 0) is 4.74 Å². The van der Waals surface area contributed by atoms with Gasteiger partial charge in [0.1, 0.15) is 5.82 Å². The molecule has 5 nitrogen and oxygen atoms in total. The van der Waals surface area contributed by atoms with E-state index in [1.54, 1.807) is 6.20 Å². The number of hydrogen-bond donors (Lipinski definition) is 1. The van der Waals surface area contributed by atoms with E-state index in [1.807, 2.05) is 24.3 Å². The van der Waals surface area contributed by atoms with E-state index in [9.17, 15) is 0 Å². The first-order chi connectivity index (χ1) is 10.4. The van der Waals surface area contributed by atoms with Gasteiger partial charge in [-0.25, -0.2) is 4.98 Å². The van der Waals surface area contributed by atoms with Crippen molar-refractivity contribution < 1.29 is 4.74 Å². The molecule has 2 aliphatic rings. The van der Waals surface area contributed by atoms with Crippen molar-refractivity contribution in [1.29, 1.82) is 0 Å². The second-order valence-corrected chi connectivity index (χ2v) is 5.87. The van der Waals surface area contributed by atoms with Crippen LogP contribution in [0.25, 0.3) is 11.0 Å². The Bertz CT molecular complexity index is 632. The van der Waals surface area contributed by atoms with Crippen LogP contribution in [0.1, 0.15) is 12.8 Å². The molecule has 3 heterocycles. The summed E-state index contributed by atoms with van der Waals surface area (Å²) in [6, 6.07) is 8.58. The number of benzene rings is 1. The summed E-state index contributed by atoms with van der Waals surface area (Å²) in [5, 5.41) is 3.36. The summed E-state index contributed by atoms with van der Waals surface area (Å²) < 4.78 is 5.95. The quantitative estimate of drug-likeness (QED) is 0.933. The number of nitrogens with zero attached hydrogens (tertiary/aromatic N) is 3.